The van der Waals surface area contributed by atoms with Gasteiger partial charge in [0.1, 0.15) is 0 Å². The molecule has 1 heterocycles. The van der Waals surface area contributed by atoms with Crippen LogP contribution in [0.2, 0.25) is 0 Å². The molecular formula is C17H25N3O3S. The fourth-order valence-corrected chi connectivity index (χ4v) is 2.86. The number of hydrogen-bond acceptors (Lipinski definition) is 5. The van der Waals surface area contributed by atoms with Gasteiger partial charge in [-0.15, -0.1) is 0 Å². The monoisotopic (exact) mass is 351 g/mol. The van der Waals surface area contributed by atoms with Crippen molar-refractivity contribution in [2.24, 2.45) is 0 Å². The highest BCUT2D eigenvalue weighted by Gasteiger charge is 2.18. The minimum atomic E-state index is -0.196. The number of amides is 2. The first-order valence-electron chi connectivity index (χ1n) is 8.01. The summed E-state index contributed by atoms with van der Waals surface area (Å²) in [6.45, 7) is 5.14. The summed E-state index contributed by atoms with van der Waals surface area (Å²) in [6, 6.07) is 7.75. The van der Waals surface area contributed by atoms with Crippen molar-refractivity contribution in [3.05, 3.63) is 24.3 Å². The first-order chi connectivity index (χ1) is 11.5. The van der Waals surface area contributed by atoms with E-state index in [0.717, 1.165) is 37.7 Å². The Balaban J connectivity index is 1.86. The van der Waals surface area contributed by atoms with Crippen LogP contribution in [0.3, 0.4) is 0 Å². The SMILES string of the molecule is CSC(C)C(=O)N(C)CC(=O)Nc1ccc(N2CCOCC2)cc1. The molecule has 7 heteroatoms. The van der Waals surface area contributed by atoms with Crippen LogP contribution in [-0.4, -0.2) is 68.1 Å². The van der Waals surface area contributed by atoms with Crippen LogP contribution in [0.1, 0.15) is 6.92 Å². The molecule has 24 heavy (non-hydrogen) atoms. The molecule has 1 fully saturated rings. The van der Waals surface area contributed by atoms with Gasteiger partial charge < -0.3 is 19.9 Å². The van der Waals surface area contributed by atoms with Crippen molar-refractivity contribution < 1.29 is 14.3 Å². The molecular weight excluding hydrogens is 326 g/mol. The lowest BCUT2D eigenvalue weighted by Crippen LogP contribution is -2.38. The molecule has 1 saturated heterocycles. The first-order valence-corrected chi connectivity index (χ1v) is 9.30. The maximum Gasteiger partial charge on any atom is 0.243 e. The Morgan fingerprint density at radius 2 is 1.92 bits per heavy atom. The van der Waals surface area contributed by atoms with Gasteiger partial charge in [0.15, 0.2) is 0 Å². The van der Waals surface area contributed by atoms with Gasteiger partial charge in [-0.2, -0.15) is 11.8 Å². The van der Waals surface area contributed by atoms with Crippen molar-refractivity contribution >= 4 is 35.0 Å². The van der Waals surface area contributed by atoms with E-state index in [-0.39, 0.29) is 23.6 Å². The van der Waals surface area contributed by atoms with E-state index in [1.54, 1.807) is 7.05 Å². The average molecular weight is 351 g/mol. The normalized spacial score (nSPS) is 15.7. The summed E-state index contributed by atoms with van der Waals surface area (Å²) in [4.78, 5) is 27.8. The lowest BCUT2D eigenvalue weighted by atomic mass is 10.2. The number of nitrogens with one attached hydrogen (secondary N) is 1. The van der Waals surface area contributed by atoms with Gasteiger partial charge in [-0.1, -0.05) is 0 Å². The highest BCUT2D eigenvalue weighted by Crippen LogP contribution is 2.19. The van der Waals surface area contributed by atoms with Crippen molar-refractivity contribution in [2.75, 3.05) is 56.4 Å². The Kier molecular flexibility index (Phi) is 6.93. The van der Waals surface area contributed by atoms with Crippen LogP contribution in [0, 0.1) is 0 Å². The van der Waals surface area contributed by atoms with E-state index in [1.807, 2.05) is 37.4 Å². The second kappa shape index (κ2) is 8.94. The van der Waals surface area contributed by atoms with E-state index in [2.05, 4.69) is 10.2 Å². The van der Waals surface area contributed by atoms with E-state index >= 15 is 0 Å². The zero-order chi connectivity index (χ0) is 17.5. The van der Waals surface area contributed by atoms with E-state index in [4.69, 9.17) is 4.74 Å². The quantitative estimate of drug-likeness (QED) is 0.845. The van der Waals surface area contributed by atoms with Crippen LogP contribution in [0.25, 0.3) is 0 Å². The van der Waals surface area contributed by atoms with Gasteiger partial charge in [-0.3, -0.25) is 9.59 Å². The zero-order valence-electron chi connectivity index (χ0n) is 14.4. The lowest BCUT2D eigenvalue weighted by Gasteiger charge is -2.29. The smallest absolute Gasteiger partial charge is 0.243 e. The molecule has 0 bridgehead atoms. The third-order valence-corrected chi connectivity index (χ3v) is 4.89. The average Bonchev–Trinajstić information content (AvgIpc) is 2.61. The second-order valence-corrected chi connectivity index (χ2v) is 6.95. The summed E-state index contributed by atoms with van der Waals surface area (Å²) in [7, 11) is 1.65. The second-order valence-electron chi connectivity index (χ2n) is 5.77. The summed E-state index contributed by atoms with van der Waals surface area (Å²) in [5.74, 6) is -0.237. The van der Waals surface area contributed by atoms with E-state index in [9.17, 15) is 9.59 Å². The molecule has 0 aliphatic carbocycles. The Morgan fingerprint density at radius 3 is 2.50 bits per heavy atom. The van der Waals surface area contributed by atoms with E-state index in [1.165, 1.54) is 16.7 Å². The number of thioether (sulfide) groups is 1. The van der Waals surface area contributed by atoms with Crippen LogP contribution >= 0.6 is 11.8 Å². The molecule has 0 radical (unpaired) electrons. The predicted octanol–water partition coefficient (Wildman–Crippen LogP) is 1.67. The number of likely N-dealkylation sites (N-methyl/N-ethyl adjacent to an activating group) is 1. The maximum absolute atomic E-state index is 12.1. The first kappa shape index (κ1) is 18.6. The number of nitrogens with zero attached hydrogens (tertiary/aromatic N) is 2. The summed E-state index contributed by atoms with van der Waals surface area (Å²) in [5.41, 5.74) is 1.85. The van der Waals surface area contributed by atoms with Gasteiger partial charge in [0, 0.05) is 31.5 Å². The van der Waals surface area contributed by atoms with Crippen LogP contribution in [-0.2, 0) is 14.3 Å². The number of hydrogen-bond donors (Lipinski definition) is 1. The largest absolute Gasteiger partial charge is 0.378 e. The number of ether oxygens (including phenoxy) is 1. The third-order valence-electron chi connectivity index (χ3n) is 3.99. The van der Waals surface area contributed by atoms with Crippen LogP contribution in [0.4, 0.5) is 11.4 Å². The van der Waals surface area contributed by atoms with Gasteiger partial charge in [0.2, 0.25) is 11.8 Å². The number of anilines is 2. The van der Waals surface area contributed by atoms with Crippen LogP contribution in [0.15, 0.2) is 24.3 Å². The molecule has 1 aliphatic heterocycles. The highest BCUT2D eigenvalue weighted by atomic mass is 32.2. The molecule has 132 valence electrons. The van der Waals surface area contributed by atoms with Gasteiger partial charge in [-0.05, 0) is 37.4 Å². The van der Waals surface area contributed by atoms with E-state index in [0.29, 0.717) is 0 Å². The number of carbonyl (C=O) groups is 2. The zero-order valence-corrected chi connectivity index (χ0v) is 15.3. The van der Waals surface area contributed by atoms with E-state index < -0.39 is 0 Å². The number of benzene rings is 1. The molecule has 1 aromatic rings. The standard InChI is InChI=1S/C17H25N3O3S/c1-13(24-3)17(22)19(2)12-16(21)18-14-4-6-15(7-5-14)20-8-10-23-11-9-20/h4-7,13H,8-12H2,1-3H3,(H,18,21). The topological polar surface area (TPSA) is 61.9 Å². The fraction of sp³-hybridized carbons (Fsp3) is 0.529. The molecule has 2 amide bonds. The summed E-state index contributed by atoms with van der Waals surface area (Å²) in [5, 5.41) is 2.69. The Labute approximate surface area is 147 Å². The molecule has 6 nitrogen and oxygen atoms in total. The molecule has 0 spiro atoms. The van der Waals surface area contributed by atoms with Crippen molar-refractivity contribution in [1.82, 2.24) is 4.90 Å². The van der Waals surface area contributed by atoms with Gasteiger partial charge in [0.05, 0.1) is 25.0 Å². The Morgan fingerprint density at radius 1 is 1.29 bits per heavy atom. The van der Waals surface area contributed by atoms with Gasteiger partial charge >= 0.3 is 0 Å². The summed E-state index contributed by atoms with van der Waals surface area (Å²) < 4.78 is 5.35. The minimum absolute atomic E-state index is 0.0414. The molecule has 2 rings (SSSR count). The minimum Gasteiger partial charge on any atom is -0.378 e. The lowest BCUT2D eigenvalue weighted by molar-refractivity contribution is -0.132. The van der Waals surface area contributed by atoms with Crippen LogP contribution in [0.5, 0.6) is 0 Å². The third kappa shape index (κ3) is 5.14. The fourth-order valence-electron chi connectivity index (χ4n) is 2.48. The molecule has 0 saturated carbocycles. The van der Waals surface area contributed by atoms with Crippen molar-refractivity contribution in [3.8, 4) is 0 Å². The summed E-state index contributed by atoms with van der Waals surface area (Å²) in [6.07, 6.45) is 1.88. The van der Waals surface area contributed by atoms with Gasteiger partial charge in [0.25, 0.3) is 0 Å². The molecule has 1 unspecified atom stereocenters. The van der Waals surface area contributed by atoms with Crippen LogP contribution < -0.4 is 10.2 Å². The molecule has 0 aromatic heterocycles. The number of morpholine rings is 1. The van der Waals surface area contributed by atoms with Crippen molar-refractivity contribution in [2.45, 2.75) is 12.2 Å². The predicted molar refractivity (Wildman–Crippen MR) is 98.7 cm³/mol. The molecule has 1 aromatic carbocycles. The van der Waals surface area contributed by atoms with Crippen molar-refractivity contribution in [1.29, 1.82) is 0 Å². The van der Waals surface area contributed by atoms with Crippen molar-refractivity contribution in [3.63, 3.8) is 0 Å². The van der Waals surface area contributed by atoms with Gasteiger partial charge in [-0.25, -0.2) is 0 Å². The number of rotatable bonds is 6. The molecule has 1 N–H and O–H groups in total. The highest BCUT2D eigenvalue weighted by molar-refractivity contribution is 7.99. The Bertz CT molecular complexity index is 559. The molecule has 1 aliphatic rings. The molecule has 1 atom stereocenters. The summed E-state index contributed by atoms with van der Waals surface area (Å²) >= 11 is 1.47. The maximum atomic E-state index is 12.1. The Hall–Kier alpha value is -1.73. The number of carbonyl (C=O) groups excluding carboxylic acids is 2.